The molecule has 10 heteroatoms. The van der Waals surface area contributed by atoms with Gasteiger partial charge in [-0.15, -0.1) is 0 Å². The van der Waals surface area contributed by atoms with Crippen LogP contribution in [0.25, 0.3) is 5.69 Å². The van der Waals surface area contributed by atoms with Crippen LogP contribution in [0.3, 0.4) is 0 Å². The van der Waals surface area contributed by atoms with E-state index in [1.54, 1.807) is 18.2 Å². The quantitative estimate of drug-likeness (QED) is 0.109. The van der Waals surface area contributed by atoms with E-state index in [2.05, 4.69) is 17.3 Å². The van der Waals surface area contributed by atoms with Gasteiger partial charge in [-0.1, -0.05) is 112 Å². The number of esters is 1. The van der Waals surface area contributed by atoms with Crippen molar-refractivity contribution in [2.75, 3.05) is 19.0 Å². The number of anilines is 2. The molecule has 7 nitrogen and oxygen atoms in total. The van der Waals surface area contributed by atoms with E-state index < -0.39 is 11.5 Å². The van der Waals surface area contributed by atoms with Crippen LogP contribution in [0.2, 0.25) is 15.1 Å². The van der Waals surface area contributed by atoms with Crippen molar-refractivity contribution in [1.29, 1.82) is 0 Å². The molecule has 0 aliphatic rings. The molecule has 0 unspecified atom stereocenters. The molecule has 0 aliphatic heterocycles. The highest BCUT2D eigenvalue weighted by atomic mass is 35.5. The van der Waals surface area contributed by atoms with Crippen molar-refractivity contribution in [3.8, 4) is 11.4 Å². The van der Waals surface area contributed by atoms with Crippen LogP contribution in [0, 0.1) is 0 Å². The van der Waals surface area contributed by atoms with Crippen molar-refractivity contribution in [3.63, 3.8) is 0 Å². The van der Waals surface area contributed by atoms with Crippen LogP contribution in [-0.4, -0.2) is 29.5 Å². The van der Waals surface area contributed by atoms with Crippen LogP contribution in [0.15, 0.2) is 41.2 Å². The number of hydrogen-bond donors (Lipinski definition) is 2. The standard InChI is InChI=1S/C31H40Cl3N3O4/c1-3-4-5-6-7-8-9-10-11-12-13-14-17-41-31(39)22-15-16-27(40-2)26(18-22)35-28-21-29(38)37(36-28)30-24(33)19-23(32)20-25(30)34/h15-16,18-21,35-36H,3-14,17H2,1-2H3. The first-order chi connectivity index (χ1) is 19.8. The number of carbonyl (C=O) groups excluding carboxylic acids is 1. The molecule has 0 saturated carbocycles. The second-order valence-corrected chi connectivity index (χ2v) is 11.4. The lowest BCUT2D eigenvalue weighted by Crippen LogP contribution is -2.14. The summed E-state index contributed by atoms with van der Waals surface area (Å²) in [5.74, 6) is 0.417. The van der Waals surface area contributed by atoms with Crippen molar-refractivity contribution in [3.05, 3.63) is 67.4 Å². The smallest absolute Gasteiger partial charge is 0.338 e. The number of unbranched alkanes of at least 4 members (excludes halogenated alkanes) is 11. The van der Waals surface area contributed by atoms with Crippen molar-refractivity contribution < 1.29 is 14.3 Å². The highest BCUT2D eigenvalue weighted by Gasteiger charge is 2.16. The van der Waals surface area contributed by atoms with Crippen LogP contribution >= 0.6 is 34.8 Å². The molecule has 0 saturated heterocycles. The molecule has 0 fully saturated rings. The average Bonchev–Trinajstić information content (AvgIpc) is 3.29. The first-order valence-electron chi connectivity index (χ1n) is 14.4. The van der Waals surface area contributed by atoms with E-state index in [0.29, 0.717) is 34.4 Å². The van der Waals surface area contributed by atoms with Crippen LogP contribution in [0.4, 0.5) is 11.5 Å². The molecule has 41 heavy (non-hydrogen) atoms. The fourth-order valence-electron chi connectivity index (χ4n) is 4.64. The summed E-state index contributed by atoms with van der Waals surface area (Å²) < 4.78 is 12.2. The zero-order valence-electron chi connectivity index (χ0n) is 23.9. The highest BCUT2D eigenvalue weighted by Crippen LogP contribution is 2.32. The van der Waals surface area contributed by atoms with Gasteiger partial charge in [0.1, 0.15) is 17.3 Å². The lowest BCUT2D eigenvalue weighted by Gasteiger charge is -2.12. The predicted octanol–water partition coefficient (Wildman–Crippen LogP) is 9.74. The number of nitrogens with zero attached hydrogens (tertiary/aromatic N) is 1. The second kappa shape index (κ2) is 17.4. The van der Waals surface area contributed by atoms with Crippen molar-refractivity contribution in [2.45, 2.75) is 84.0 Å². The zero-order chi connectivity index (χ0) is 29.6. The van der Waals surface area contributed by atoms with Crippen LogP contribution in [-0.2, 0) is 4.74 Å². The molecule has 1 heterocycles. The highest BCUT2D eigenvalue weighted by molar-refractivity contribution is 6.40. The first kappa shape index (κ1) is 32.9. The van der Waals surface area contributed by atoms with E-state index in [1.165, 1.54) is 87.8 Å². The molecular weight excluding hydrogens is 585 g/mol. The first-order valence-corrected chi connectivity index (χ1v) is 15.6. The Hall–Kier alpha value is -2.61. The number of benzene rings is 2. The fraction of sp³-hybridized carbons (Fsp3) is 0.484. The maximum Gasteiger partial charge on any atom is 0.338 e. The number of aromatic nitrogens is 2. The van der Waals surface area contributed by atoms with E-state index in [-0.39, 0.29) is 15.7 Å². The number of rotatable bonds is 18. The van der Waals surface area contributed by atoms with E-state index in [9.17, 15) is 9.59 Å². The number of hydrogen-bond acceptors (Lipinski definition) is 5. The molecule has 224 valence electrons. The number of methoxy groups -OCH3 is 1. The minimum absolute atomic E-state index is 0.216. The summed E-state index contributed by atoms with van der Waals surface area (Å²) in [6, 6.07) is 9.29. The summed E-state index contributed by atoms with van der Waals surface area (Å²) in [6.45, 7) is 2.63. The molecule has 0 bridgehead atoms. The summed E-state index contributed by atoms with van der Waals surface area (Å²) in [5, 5.41) is 6.82. The van der Waals surface area contributed by atoms with Gasteiger partial charge >= 0.3 is 5.97 Å². The maximum atomic E-state index is 12.7. The molecule has 0 amide bonds. The van der Waals surface area contributed by atoms with E-state index in [4.69, 9.17) is 44.3 Å². The molecule has 2 N–H and O–H groups in total. The number of carbonyl (C=O) groups is 1. The zero-order valence-corrected chi connectivity index (χ0v) is 26.1. The summed E-state index contributed by atoms with van der Waals surface area (Å²) >= 11 is 18.6. The molecule has 2 aromatic carbocycles. The van der Waals surface area contributed by atoms with Gasteiger partial charge in [-0.3, -0.25) is 9.89 Å². The topological polar surface area (TPSA) is 85.3 Å². The largest absolute Gasteiger partial charge is 0.495 e. The summed E-state index contributed by atoms with van der Waals surface area (Å²) in [6.07, 6.45) is 15.0. The molecule has 0 radical (unpaired) electrons. The number of nitrogens with one attached hydrogen (secondary N) is 2. The molecule has 3 aromatic rings. The van der Waals surface area contributed by atoms with Gasteiger partial charge in [0.15, 0.2) is 0 Å². The lowest BCUT2D eigenvalue weighted by molar-refractivity contribution is 0.0497. The predicted molar refractivity (Wildman–Crippen MR) is 169 cm³/mol. The minimum atomic E-state index is -0.412. The third-order valence-corrected chi connectivity index (χ3v) is 7.66. The van der Waals surface area contributed by atoms with Gasteiger partial charge in [-0.25, -0.2) is 9.48 Å². The Balaban J connectivity index is 1.48. The third-order valence-electron chi connectivity index (χ3n) is 6.86. The summed E-state index contributed by atoms with van der Waals surface area (Å²) in [5.41, 5.74) is 0.736. The second-order valence-electron chi connectivity index (χ2n) is 10.1. The van der Waals surface area contributed by atoms with Gasteiger partial charge in [0, 0.05) is 11.1 Å². The summed E-state index contributed by atoms with van der Waals surface area (Å²) in [7, 11) is 1.52. The molecule has 0 atom stereocenters. The van der Waals surface area contributed by atoms with E-state index in [0.717, 1.165) is 19.3 Å². The fourth-order valence-corrected chi connectivity index (χ4v) is 5.63. The molecule has 1 aromatic heterocycles. The number of halogens is 3. The van der Waals surface area contributed by atoms with Crippen molar-refractivity contribution in [2.24, 2.45) is 0 Å². The van der Waals surface area contributed by atoms with Crippen LogP contribution < -0.4 is 15.6 Å². The van der Waals surface area contributed by atoms with Gasteiger partial charge in [0.25, 0.3) is 5.56 Å². The normalized spacial score (nSPS) is 11.0. The average molecular weight is 625 g/mol. The third kappa shape index (κ3) is 10.3. The Kier molecular flexibility index (Phi) is 13.9. The minimum Gasteiger partial charge on any atom is -0.495 e. The Bertz CT molecular complexity index is 1300. The molecule has 0 aliphatic carbocycles. The number of H-pyrrole nitrogens is 1. The van der Waals surface area contributed by atoms with E-state index in [1.807, 2.05) is 0 Å². The Morgan fingerprint density at radius 3 is 2.02 bits per heavy atom. The number of aromatic amines is 1. The molecule has 0 spiro atoms. The van der Waals surface area contributed by atoms with Gasteiger partial charge < -0.3 is 14.8 Å². The molecular formula is C31H40Cl3N3O4. The van der Waals surface area contributed by atoms with Crippen molar-refractivity contribution in [1.82, 2.24) is 9.78 Å². The van der Waals surface area contributed by atoms with Crippen LogP contribution in [0.1, 0.15) is 94.3 Å². The van der Waals surface area contributed by atoms with Crippen LogP contribution in [0.5, 0.6) is 5.75 Å². The van der Waals surface area contributed by atoms with Gasteiger partial charge in [-0.2, -0.15) is 0 Å². The Morgan fingerprint density at radius 1 is 0.854 bits per heavy atom. The molecule has 3 rings (SSSR count). The monoisotopic (exact) mass is 623 g/mol. The van der Waals surface area contributed by atoms with Gasteiger partial charge in [0.05, 0.1) is 35.0 Å². The summed E-state index contributed by atoms with van der Waals surface area (Å²) in [4.78, 5) is 25.4. The van der Waals surface area contributed by atoms with Gasteiger partial charge in [0.2, 0.25) is 0 Å². The Labute approximate surface area is 257 Å². The van der Waals surface area contributed by atoms with Gasteiger partial charge in [-0.05, 0) is 36.8 Å². The van der Waals surface area contributed by atoms with Crippen molar-refractivity contribution >= 4 is 52.3 Å². The SMILES string of the molecule is CCCCCCCCCCCCCCOC(=O)c1ccc(OC)c(Nc2cc(=O)n(-c3c(Cl)cc(Cl)cc3Cl)[nH]2)c1. The maximum absolute atomic E-state index is 12.7. The lowest BCUT2D eigenvalue weighted by atomic mass is 10.1. The Morgan fingerprint density at radius 2 is 1.44 bits per heavy atom. The van der Waals surface area contributed by atoms with E-state index >= 15 is 0 Å². The number of ether oxygens (including phenoxy) is 2.